The maximum absolute atomic E-state index is 13.8. The zero-order valence-corrected chi connectivity index (χ0v) is 31.1. The van der Waals surface area contributed by atoms with Crippen LogP contribution in [-0.4, -0.2) is 91.1 Å². The number of carbonyl (C=O) groups is 1. The van der Waals surface area contributed by atoms with Crippen LogP contribution in [-0.2, 0) is 36.3 Å². The van der Waals surface area contributed by atoms with Gasteiger partial charge in [-0.05, 0) is 112 Å². The van der Waals surface area contributed by atoms with Gasteiger partial charge in [0.1, 0.15) is 5.75 Å². The Kier molecular flexibility index (Phi) is 12.1. The van der Waals surface area contributed by atoms with Crippen molar-refractivity contribution in [2.75, 3.05) is 65.2 Å². The highest BCUT2D eigenvalue weighted by Gasteiger charge is 2.44. The molecule has 12 heteroatoms. The van der Waals surface area contributed by atoms with Gasteiger partial charge < -0.3 is 23.8 Å². The average Bonchev–Trinajstić information content (AvgIpc) is 3.22. The maximum Gasteiger partial charge on any atom is 0.304 e. The van der Waals surface area contributed by atoms with Crippen LogP contribution in [0.1, 0.15) is 73.4 Å². The molecule has 6 rings (SSSR count). The summed E-state index contributed by atoms with van der Waals surface area (Å²) in [5.74, 6) is 0.687. The number of rotatable bonds is 9. The van der Waals surface area contributed by atoms with E-state index in [1.54, 1.807) is 20.3 Å². The number of hydrogen-bond acceptors (Lipinski definition) is 8. The molecule has 50 heavy (non-hydrogen) atoms. The second-order valence-corrected chi connectivity index (χ2v) is 16.4. The molecule has 0 radical (unpaired) electrons. The van der Waals surface area contributed by atoms with Crippen molar-refractivity contribution in [3.8, 4) is 5.75 Å². The maximum atomic E-state index is 13.8. The first-order valence-electron chi connectivity index (χ1n) is 18.0. The minimum absolute atomic E-state index is 0.107. The third kappa shape index (κ3) is 8.18. The number of benzene rings is 2. The van der Waals surface area contributed by atoms with Crippen molar-refractivity contribution in [2.24, 2.45) is 11.8 Å². The fourth-order valence-electron chi connectivity index (χ4n) is 8.24. The van der Waals surface area contributed by atoms with Crippen LogP contribution in [0.15, 0.2) is 48.6 Å². The monoisotopic (exact) mass is 729 g/mol. The molecule has 2 aromatic rings. The van der Waals surface area contributed by atoms with Gasteiger partial charge in [0.15, 0.2) is 0 Å². The quantitative estimate of drug-likeness (QED) is 0.251. The molecule has 5 atom stereocenters. The first-order valence-corrected chi connectivity index (χ1v) is 19.9. The molecule has 1 spiro atoms. The number of nitrogens with one attached hydrogen (secondary N) is 1. The number of fused-ring (bicyclic) bond motifs is 4. The van der Waals surface area contributed by atoms with E-state index in [-0.39, 0.29) is 23.6 Å². The molecule has 274 valence electrons. The lowest BCUT2D eigenvalue weighted by Crippen LogP contribution is -2.50. The normalized spacial score (nSPS) is 28.8. The van der Waals surface area contributed by atoms with Crippen molar-refractivity contribution in [3.05, 3.63) is 70.3 Å². The molecule has 2 aromatic carbocycles. The standard InChI is InChI=1S/C38H52ClN3O7S/c1-27-8-4-10-35(48-21-7-20-47-3)32-14-11-30(32)24-41-25-38(17-5-9-28-22-31(39)13-15-33(28)38)26-49-36-16-12-29(23-34(36)41)37(43)40-50(44,45)42(27)18-6-19-46-2/h4,10,12-13,15-16,22-23,27,30,32,35H,5-9,11,14,17-21,24-26H2,1-3H3,(H,40,43)/b10-4+/t27-,30-,32+,35?,38-/m0/s1. The summed E-state index contributed by atoms with van der Waals surface area (Å²) in [6.45, 7) is 5.68. The molecule has 1 fully saturated rings. The van der Waals surface area contributed by atoms with Gasteiger partial charge in [0.2, 0.25) is 0 Å². The summed E-state index contributed by atoms with van der Waals surface area (Å²) in [5.41, 5.74) is 3.35. The van der Waals surface area contributed by atoms with Crippen LogP contribution in [0.3, 0.4) is 0 Å². The van der Waals surface area contributed by atoms with E-state index in [1.807, 2.05) is 31.2 Å². The van der Waals surface area contributed by atoms with Crippen LogP contribution in [0.5, 0.6) is 5.75 Å². The van der Waals surface area contributed by atoms with Crippen molar-refractivity contribution in [1.29, 1.82) is 0 Å². The predicted octanol–water partition coefficient (Wildman–Crippen LogP) is 5.92. The van der Waals surface area contributed by atoms with Gasteiger partial charge in [-0.2, -0.15) is 12.7 Å². The summed E-state index contributed by atoms with van der Waals surface area (Å²) < 4.78 is 55.1. The molecule has 1 unspecified atom stereocenters. The second kappa shape index (κ2) is 16.3. The summed E-state index contributed by atoms with van der Waals surface area (Å²) in [7, 11) is -0.889. The SMILES string of the molecule is COCCCOC1/C=C/C[C@H](C)N(CCCOC)S(=O)(=O)NC(=O)c2ccc3c(c2)N(C[C@@H]2CC[C@@H]12)C[C@@]1(CCCc2cc(Cl)ccc21)CO3. The minimum atomic E-state index is -4.18. The van der Waals surface area contributed by atoms with E-state index in [0.717, 1.165) is 55.8 Å². The predicted molar refractivity (Wildman–Crippen MR) is 195 cm³/mol. The highest BCUT2D eigenvalue weighted by Crippen LogP contribution is 2.47. The van der Waals surface area contributed by atoms with E-state index >= 15 is 0 Å². The number of nitrogens with zero attached hydrogens (tertiary/aromatic N) is 2. The molecule has 0 aromatic heterocycles. The fraction of sp³-hybridized carbons (Fsp3) is 0.605. The molecule has 1 amide bonds. The summed E-state index contributed by atoms with van der Waals surface area (Å²) >= 11 is 6.46. The van der Waals surface area contributed by atoms with Gasteiger partial charge in [-0.15, -0.1) is 0 Å². The van der Waals surface area contributed by atoms with E-state index in [0.29, 0.717) is 63.4 Å². The lowest BCUT2D eigenvalue weighted by molar-refractivity contribution is -0.0195. The van der Waals surface area contributed by atoms with Crippen molar-refractivity contribution in [1.82, 2.24) is 9.03 Å². The Morgan fingerprint density at radius 3 is 2.66 bits per heavy atom. The molecular weight excluding hydrogens is 678 g/mol. The van der Waals surface area contributed by atoms with E-state index in [4.69, 9.17) is 30.5 Å². The van der Waals surface area contributed by atoms with Crippen LogP contribution in [0.2, 0.25) is 5.02 Å². The Labute approximate surface area is 302 Å². The first-order chi connectivity index (χ1) is 24.1. The molecule has 1 saturated carbocycles. The highest BCUT2D eigenvalue weighted by molar-refractivity contribution is 7.87. The van der Waals surface area contributed by atoms with Gasteiger partial charge in [0, 0.05) is 75.7 Å². The smallest absolute Gasteiger partial charge is 0.304 e. The van der Waals surface area contributed by atoms with E-state index < -0.39 is 22.2 Å². The topological polar surface area (TPSA) is 107 Å². The Morgan fingerprint density at radius 1 is 1.06 bits per heavy atom. The van der Waals surface area contributed by atoms with Crippen LogP contribution in [0.25, 0.3) is 0 Å². The van der Waals surface area contributed by atoms with Crippen LogP contribution >= 0.6 is 11.6 Å². The molecule has 2 aliphatic carbocycles. The van der Waals surface area contributed by atoms with Gasteiger partial charge >= 0.3 is 10.2 Å². The Morgan fingerprint density at radius 2 is 1.88 bits per heavy atom. The Balaban J connectivity index is 1.39. The number of halogens is 1. The molecule has 2 bridgehead atoms. The molecule has 2 aliphatic heterocycles. The number of methoxy groups -OCH3 is 2. The summed E-state index contributed by atoms with van der Waals surface area (Å²) in [5, 5.41) is 0.739. The van der Waals surface area contributed by atoms with Gasteiger partial charge in [-0.25, -0.2) is 4.72 Å². The second-order valence-electron chi connectivity index (χ2n) is 14.4. The van der Waals surface area contributed by atoms with E-state index in [1.165, 1.54) is 15.4 Å². The van der Waals surface area contributed by atoms with Crippen molar-refractivity contribution >= 4 is 33.4 Å². The lowest BCUT2D eigenvalue weighted by Gasteiger charge is -2.46. The van der Waals surface area contributed by atoms with Crippen LogP contribution in [0.4, 0.5) is 5.69 Å². The number of carbonyl (C=O) groups excluding carboxylic acids is 1. The Bertz CT molecular complexity index is 1640. The lowest BCUT2D eigenvalue weighted by atomic mass is 9.68. The molecular formula is C38H52ClN3O7S. The van der Waals surface area contributed by atoms with Gasteiger partial charge in [0.25, 0.3) is 5.91 Å². The third-order valence-electron chi connectivity index (χ3n) is 11.0. The number of hydrogen-bond donors (Lipinski definition) is 1. The van der Waals surface area contributed by atoms with E-state index in [9.17, 15) is 13.2 Å². The number of aryl methyl sites for hydroxylation is 1. The molecule has 4 aliphatic rings. The van der Waals surface area contributed by atoms with Crippen LogP contribution < -0.4 is 14.4 Å². The van der Waals surface area contributed by atoms with Crippen molar-refractivity contribution in [2.45, 2.75) is 75.9 Å². The number of ether oxygens (including phenoxy) is 4. The highest BCUT2D eigenvalue weighted by atomic mass is 35.5. The van der Waals surface area contributed by atoms with Gasteiger partial charge in [0.05, 0.1) is 18.4 Å². The summed E-state index contributed by atoms with van der Waals surface area (Å²) in [4.78, 5) is 16.1. The molecule has 1 N–H and O–H groups in total. The molecule has 10 nitrogen and oxygen atoms in total. The summed E-state index contributed by atoms with van der Waals surface area (Å²) in [6, 6.07) is 11.1. The average molecular weight is 730 g/mol. The number of anilines is 1. The Hall–Kier alpha value is -2.67. The van der Waals surface area contributed by atoms with Crippen molar-refractivity contribution in [3.63, 3.8) is 0 Å². The van der Waals surface area contributed by atoms with Crippen molar-refractivity contribution < 1.29 is 32.2 Å². The number of amides is 1. The van der Waals surface area contributed by atoms with E-state index in [2.05, 4.69) is 27.8 Å². The molecule has 2 heterocycles. The minimum Gasteiger partial charge on any atom is -0.490 e. The molecule has 0 saturated heterocycles. The summed E-state index contributed by atoms with van der Waals surface area (Å²) in [6.07, 6.45) is 10.9. The van der Waals surface area contributed by atoms with Gasteiger partial charge in [-0.3, -0.25) is 4.79 Å². The van der Waals surface area contributed by atoms with Crippen LogP contribution in [0, 0.1) is 11.8 Å². The fourth-order valence-corrected chi connectivity index (χ4v) is 9.83. The zero-order chi connectivity index (χ0) is 35.3. The third-order valence-corrected chi connectivity index (χ3v) is 12.8. The zero-order valence-electron chi connectivity index (χ0n) is 29.6. The van der Waals surface area contributed by atoms with Gasteiger partial charge in [-0.1, -0.05) is 29.8 Å². The largest absolute Gasteiger partial charge is 0.490 e. The first kappa shape index (κ1) is 37.1.